The van der Waals surface area contributed by atoms with Gasteiger partial charge in [-0.05, 0) is 42.6 Å². The van der Waals surface area contributed by atoms with Crippen molar-refractivity contribution in [2.24, 2.45) is 0 Å². The molecule has 2 heterocycles. The Hall–Kier alpha value is -2.40. The Labute approximate surface area is 135 Å². The highest BCUT2D eigenvalue weighted by Crippen LogP contribution is 2.38. The van der Waals surface area contributed by atoms with Crippen LogP contribution in [0.25, 0.3) is 11.1 Å². The molecule has 0 bridgehead atoms. The first kappa shape index (κ1) is 14.2. The maximum absolute atomic E-state index is 11.3. The van der Waals surface area contributed by atoms with Crippen molar-refractivity contribution in [3.8, 4) is 11.1 Å². The van der Waals surface area contributed by atoms with Gasteiger partial charge in [0.05, 0.1) is 10.5 Å². The molecule has 1 saturated heterocycles. The van der Waals surface area contributed by atoms with Gasteiger partial charge in [-0.25, -0.2) is 0 Å². The number of nitrogens with one attached hydrogen (secondary N) is 1. The first-order chi connectivity index (χ1) is 11.2. The number of rotatable bonds is 2. The molecule has 23 heavy (non-hydrogen) atoms. The second kappa shape index (κ2) is 5.66. The number of nitrogens with zero attached hydrogens (tertiary/aromatic N) is 2. The second-order valence-corrected chi connectivity index (χ2v) is 6.21. The number of benzene rings is 2. The summed E-state index contributed by atoms with van der Waals surface area (Å²) in [5, 5.41) is 14.7. The summed E-state index contributed by atoms with van der Waals surface area (Å²) in [6.07, 6.45) is 2.23. The maximum Gasteiger partial charge on any atom is 0.277 e. The van der Waals surface area contributed by atoms with E-state index in [1.807, 2.05) is 18.2 Å². The Balaban J connectivity index is 1.77. The Morgan fingerprint density at radius 1 is 1.17 bits per heavy atom. The minimum Gasteiger partial charge on any atom is -0.367 e. The fraction of sp³-hybridized carbons (Fsp3) is 0.333. The van der Waals surface area contributed by atoms with E-state index in [0.717, 1.165) is 38.0 Å². The average molecular weight is 309 g/mol. The summed E-state index contributed by atoms with van der Waals surface area (Å²) in [7, 11) is 0. The molecule has 2 aliphatic rings. The van der Waals surface area contributed by atoms with Gasteiger partial charge in [0, 0.05) is 30.9 Å². The molecule has 5 nitrogen and oxygen atoms in total. The third-order valence-corrected chi connectivity index (χ3v) is 4.89. The topological polar surface area (TPSA) is 58.4 Å². The molecule has 1 unspecified atom stereocenters. The standard InChI is InChI=1S/C18H19N3O2/c22-21(23)17-4-2-1-3-16(17)13-5-6-14-11-15-7-8-19-9-10-20(15)18(14)12-13/h1-6,12,15,19H,7-11H2. The number of nitro groups is 1. The fourth-order valence-corrected chi connectivity index (χ4v) is 3.76. The first-order valence-corrected chi connectivity index (χ1v) is 8.08. The highest BCUT2D eigenvalue weighted by atomic mass is 16.6. The van der Waals surface area contributed by atoms with Crippen LogP contribution in [-0.2, 0) is 6.42 Å². The minimum absolute atomic E-state index is 0.166. The monoisotopic (exact) mass is 309 g/mol. The van der Waals surface area contributed by atoms with Crippen LogP contribution in [0.3, 0.4) is 0 Å². The minimum atomic E-state index is -0.304. The molecule has 5 heteroatoms. The highest BCUT2D eigenvalue weighted by molar-refractivity contribution is 5.78. The smallest absolute Gasteiger partial charge is 0.277 e. The van der Waals surface area contributed by atoms with Gasteiger partial charge >= 0.3 is 0 Å². The van der Waals surface area contributed by atoms with Crippen LogP contribution in [0.5, 0.6) is 0 Å². The number of fused-ring (bicyclic) bond motifs is 3. The summed E-state index contributed by atoms with van der Waals surface area (Å²) >= 11 is 0. The van der Waals surface area contributed by atoms with Gasteiger partial charge in [-0.1, -0.05) is 24.3 Å². The fourth-order valence-electron chi connectivity index (χ4n) is 3.76. The molecular weight excluding hydrogens is 290 g/mol. The van der Waals surface area contributed by atoms with Gasteiger partial charge in [-0.2, -0.15) is 0 Å². The first-order valence-electron chi connectivity index (χ1n) is 8.08. The predicted molar refractivity (Wildman–Crippen MR) is 90.9 cm³/mol. The van der Waals surface area contributed by atoms with Crippen LogP contribution in [0.1, 0.15) is 12.0 Å². The van der Waals surface area contributed by atoms with Crippen molar-refractivity contribution < 1.29 is 4.92 Å². The Kier molecular flexibility index (Phi) is 3.50. The van der Waals surface area contributed by atoms with Gasteiger partial charge in [0.15, 0.2) is 0 Å². The van der Waals surface area contributed by atoms with E-state index in [4.69, 9.17) is 0 Å². The van der Waals surface area contributed by atoms with Crippen LogP contribution >= 0.6 is 0 Å². The zero-order valence-electron chi connectivity index (χ0n) is 12.9. The molecule has 2 aliphatic heterocycles. The van der Waals surface area contributed by atoms with Crippen molar-refractivity contribution in [1.29, 1.82) is 0 Å². The van der Waals surface area contributed by atoms with Crippen molar-refractivity contribution in [1.82, 2.24) is 5.32 Å². The zero-order chi connectivity index (χ0) is 15.8. The summed E-state index contributed by atoms with van der Waals surface area (Å²) in [5.41, 5.74) is 4.39. The van der Waals surface area contributed by atoms with E-state index in [0.29, 0.717) is 11.6 Å². The molecule has 0 aromatic heterocycles. The highest BCUT2D eigenvalue weighted by Gasteiger charge is 2.30. The molecule has 1 atom stereocenters. The Morgan fingerprint density at radius 2 is 2.04 bits per heavy atom. The van der Waals surface area contributed by atoms with Crippen molar-refractivity contribution in [2.75, 3.05) is 24.5 Å². The van der Waals surface area contributed by atoms with E-state index >= 15 is 0 Å². The van der Waals surface area contributed by atoms with E-state index in [1.165, 1.54) is 11.3 Å². The van der Waals surface area contributed by atoms with E-state index in [9.17, 15) is 10.1 Å². The van der Waals surface area contributed by atoms with Crippen LogP contribution in [0, 0.1) is 10.1 Å². The van der Waals surface area contributed by atoms with E-state index in [-0.39, 0.29) is 10.6 Å². The van der Waals surface area contributed by atoms with Crippen LogP contribution < -0.4 is 10.2 Å². The molecule has 0 radical (unpaired) electrons. The molecule has 0 amide bonds. The van der Waals surface area contributed by atoms with Crippen molar-refractivity contribution >= 4 is 11.4 Å². The lowest BCUT2D eigenvalue weighted by atomic mass is 10.0. The van der Waals surface area contributed by atoms with Crippen LogP contribution in [-0.4, -0.2) is 30.6 Å². The number of nitro benzene ring substituents is 1. The lowest BCUT2D eigenvalue weighted by molar-refractivity contribution is -0.384. The lowest BCUT2D eigenvalue weighted by Crippen LogP contribution is -2.32. The van der Waals surface area contributed by atoms with Gasteiger partial charge in [-0.15, -0.1) is 0 Å². The number of hydrogen-bond acceptors (Lipinski definition) is 4. The van der Waals surface area contributed by atoms with Gasteiger partial charge < -0.3 is 10.2 Å². The quantitative estimate of drug-likeness (QED) is 0.684. The summed E-state index contributed by atoms with van der Waals surface area (Å²) in [4.78, 5) is 13.5. The number of anilines is 1. The molecule has 0 aliphatic carbocycles. The van der Waals surface area contributed by atoms with Gasteiger partial charge in [0.25, 0.3) is 5.69 Å². The molecular formula is C18H19N3O2. The third-order valence-electron chi connectivity index (χ3n) is 4.89. The normalized spacial score (nSPS) is 19.8. The van der Waals surface area contributed by atoms with E-state index in [2.05, 4.69) is 22.3 Å². The van der Waals surface area contributed by atoms with Crippen LogP contribution in [0.15, 0.2) is 42.5 Å². The third kappa shape index (κ3) is 2.47. The number of para-hydroxylation sites is 1. The molecule has 4 rings (SSSR count). The summed E-state index contributed by atoms with van der Waals surface area (Å²) in [6, 6.07) is 13.8. The lowest BCUT2D eigenvalue weighted by Gasteiger charge is -2.24. The zero-order valence-corrected chi connectivity index (χ0v) is 12.9. The summed E-state index contributed by atoms with van der Waals surface area (Å²) in [5.74, 6) is 0. The van der Waals surface area contributed by atoms with E-state index in [1.54, 1.807) is 12.1 Å². The second-order valence-electron chi connectivity index (χ2n) is 6.21. The van der Waals surface area contributed by atoms with Crippen LogP contribution in [0.4, 0.5) is 11.4 Å². The molecule has 0 spiro atoms. The van der Waals surface area contributed by atoms with Gasteiger partial charge in [0.1, 0.15) is 0 Å². The maximum atomic E-state index is 11.3. The van der Waals surface area contributed by atoms with Gasteiger partial charge in [0.2, 0.25) is 0 Å². The largest absolute Gasteiger partial charge is 0.367 e. The van der Waals surface area contributed by atoms with E-state index < -0.39 is 0 Å². The number of hydrogen-bond donors (Lipinski definition) is 1. The molecule has 2 aromatic rings. The Morgan fingerprint density at radius 3 is 2.91 bits per heavy atom. The summed E-state index contributed by atoms with van der Waals surface area (Å²) < 4.78 is 0. The predicted octanol–water partition coefficient (Wildman–Crippen LogP) is 2.99. The SMILES string of the molecule is O=[N+]([O-])c1ccccc1-c1ccc2c(c1)N1CCNCCC1C2. The molecule has 2 aromatic carbocycles. The Bertz CT molecular complexity index is 760. The van der Waals surface area contributed by atoms with Crippen LogP contribution in [0.2, 0.25) is 0 Å². The molecule has 0 saturated carbocycles. The van der Waals surface area contributed by atoms with Crippen molar-refractivity contribution in [3.05, 3.63) is 58.1 Å². The summed E-state index contributed by atoms with van der Waals surface area (Å²) in [6.45, 7) is 3.05. The molecule has 1 fully saturated rings. The molecule has 1 N–H and O–H groups in total. The molecule has 118 valence electrons. The van der Waals surface area contributed by atoms with Crippen molar-refractivity contribution in [3.63, 3.8) is 0 Å². The van der Waals surface area contributed by atoms with Crippen molar-refractivity contribution in [2.45, 2.75) is 18.9 Å². The van der Waals surface area contributed by atoms with Gasteiger partial charge in [-0.3, -0.25) is 10.1 Å². The average Bonchev–Trinajstić information content (AvgIpc) is 2.75.